The zero-order chi connectivity index (χ0) is 23.0. The van der Waals surface area contributed by atoms with Gasteiger partial charge in [-0.2, -0.15) is 9.78 Å². The summed E-state index contributed by atoms with van der Waals surface area (Å²) in [6, 6.07) is 9.70. The molecule has 3 aromatic heterocycles. The van der Waals surface area contributed by atoms with Crippen molar-refractivity contribution < 1.29 is 17.6 Å². The standard InChI is InChI=1S/C21H27N5O4S/c1-20(2,3)15-13-17(26(24-15)16-9-7-8-12-22-16)23-19(27)14-10-11-18(30-14)31(28,29)25-21(4,5)6/h7-13,25H,1-6H3,(H,23,27). The number of rotatable bonds is 5. The minimum Gasteiger partial charge on any atom is -0.438 e. The quantitative estimate of drug-likeness (QED) is 0.620. The fourth-order valence-electron chi connectivity index (χ4n) is 2.71. The Morgan fingerprint density at radius 2 is 1.77 bits per heavy atom. The maximum Gasteiger partial charge on any atom is 0.292 e. The van der Waals surface area contributed by atoms with Gasteiger partial charge in [0.2, 0.25) is 5.09 Å². The first-order chi connectivity index (χ1) is 14.3. The highest BCUT2D eigenvalue weighted by Crippen LogP contribution is 2.26. The molecule has 31 heavy (non-hydrogen) atoms. The SMILES string of the molecule is CC(C)(C)NS(=O)(=O)c1ccc(C(=O)Nc2cc(C(C)(C)C)nn2-c2ccccn2)o1. The first-order valence-electron chi connectivity index (χ1n) is 9.73. The first-order valence-corrected chi connectivity index (χ1v) is 11.2. The molecule has 0 atom stereocenters. The van der Waals surface area contributed by atoms with Gasteiger partial charge in [0.15, 0.2) is 11.6 Å². The minimum atomic E-state index is -3.89. The van der Waals surface area contributed by atoms with Gasteiger partial charge < -0.3 is 9.73 Å². The smallest absolute Gasteiger partial charge is 0.292 e. The first kappa shape index (κ1) is 22.7. The van der Waals surface area contributed by atoms with Crippen molar-refractivity contribution in [2.24, 2.45) is 0 Å². The number of carbonyl (C=O) groups is 1. The van der Waals surface area contributed by atoms with Gasteiger partial charge in [0.05, 0.1) is 5.69 Å². The molecule has 1 amide bonds. The summed E-state index contributed by atoms with van der Waals surface area (Å²) in [5.41, 5.74) is -0.193. The molecule has 0 aliphatic rings. The number of amides is 1. The number of nitrogens with one attached hydrogen (secondary N) is 2. The van der Waals surface area contributed by atoms with E-state index >= 15 is 0 Å². The zero-order valence-electron chi connectivity index (χ0n) is 18.4. The lowest BCUT2D eigenvalue weighted by Crippen LogP contribution is -2.40. The third kappa shape index (κ3) is 5.39. The van der Waals surface area contributed by atoms with E-state index in [1.54, 1.807) is 45.2 Å². The minimum absolute atomic E-state index is 0.139. The second kappa shape index (κ2) is 7.93. The molecule has 2 N–H and O–H groups in total. The van der Waals surface area contributed by atoms with Crippen LogP contribution in [0.2, 0.25) is 0 Å². The molecule has 0 saturated heterocycles. The van der Waals surface area contributed by atoms with Crippen LogP contribution in [0.25, 0.3) is 5.82 Å². The Morgan fingerprint density at radius 1 is 1.06 bits per heavy atom. The van der Waals surface area contributed by atoms with E-state index in [-0.39, 0.29) is 16.3 Å². The average molecular weight is 446 g/mol. The number of pyridine rings is 1. The van der Waals surface area contributed by atoms with Crippen molar-refractivity contribution in [1.82, 2.24) is 19.5 Å². The molecule has 0 aliphatic carbocycles. The molecule has 9 nitrogen and oxygen atoms in total. The van der Waals surface area contributed by atoms with E-state index < -0.39 is 21.5 Å². The van der Waals surface area contributed by atoms with Gasteiger partial charge in [-0.25, -0.2) is 18.1 Å². The van der Waals surface area contributed by atoms with E-state index in [0.717, 1.165) is 5.69 Å². The van der Waals surface area contributed by atoms with Crippen LogP contribution >= 0.6 is 0 Å². The Hall–Kier alpha value is -2.98. The molecule has 0 fully saturated rings. The Kier molecular flexibility index (Phi) is 5.81. The normalized spacial score (nSPS) is 12.7. The van der Waals surface area contributed by atoms with Crippen LogP contribution < -0.4 is 10.0 Å². The predicted octanol–water partition coefficient (Wildman–Crippen LogP) is 3.49. The molecule has 3 rings (SSSR count). The highest BCUT2D eigenvalue weighted by molar-refractivity contribution is 7.89. The summed E-state index contributed by atoms with van der Waals surface area (Å²) in [5, 5.41) is 7.00. The molecule has 0 bridgehead atoms. The number of furan rings is 1. The summed E-state index contributed by atoms with van der Waals surface area (Å²) in [6.45, 7) is 11.2. The number of hydrogen-bond acceptors (Lipinski definition) is 6. The highest BCUT2D eigenvalue weighted by atomic mass is 32.2. The summed E-state index contributed by atoms with van der Waals surface area (Å²) >= 11 is 0. The van der Waals surface area contributed by atoms with Crippen molar-refractivity contribution in [2.45, 2.75) is 57.6 Å². The van der Waals surface area contributed by atoms with Gasteiger partial charge in [-0.1, -0.05) is 26.8 Å². The van der Waals surface area contributed by atoms with Crippen molar-refractivity contribution in [3.8, 4) is 5.82 Å². The van der Waals surface area contributed by atoms with E-state index in [2.05, 4.69) is 20.1 Å². The Bertz CT molecular complexity index is 1180. The van der Waals surface area contributed by atoms with Crippen molar-refractivity contribution >= 4 is 21.7 Å². The predicted molar refractivity (Wildman–Crippen MR) is 117 cm³/mol. The van der Waals surface area contributed by atoms with Gasteiger partial charge in [-0.05, 0) is 45.0 Å². The Labute approximate surface area is 181 Å². The van der Waals surface area contributed by atoms with Crippen LogP contribution in [0.15, 0.2) is 52.1 Å². The van der Waals surface area contributed by atoms with Crippen molar-refractivity contribution in [1.29, 1.82) is 0 Å². The van der Waals surface area contributed by atoms with Crippen LogP contribution in [-0.4, -0.2) is 34.6 Å². The molecule has 0 aliphatic heterocycles. The maximum atomic E-state index is 12.8. The van der Waals surface area contributed by atoms with E-state index in [0.29, 0.717) is 11.6 Å². The third-order valence-electron chi connectivity index (χ3n) is 4.10. The molecular weight excluding hydrogens is 418 g/mol. The molecule has 3 heterocycles. The number of anilines is 1. The number of carbonyl (C=O) groups excluding carboxylic acids is 1. The molecule has 10 heteroatoms. The van der Waals surface area contributed by atoms with E-state index in [1.807, 2.05) is 26.8 Å². The molecule has 0 unspecified atom stereocenters. The van der Waals surface area contributed by atoms with E-state index in [1.165, 1.54) is 16.8 Å². The van der Waals surface area contributed by atoms with Crippen LogP contribution in [0.5, 0.6) is 0 Å². The molecule has 166 valence electrons. The van der Waals surface area contributed by atoms with Crippen LogP contribution in [-0.2, 0) is 15.4 Å². The second-order valence-corrected chi connectivity index (χ2v) is 10.8. The summed E-state index contributed by atoms with van der Waals surface area (Å²) in [5.74, 6) is 0.183. The van der Waals surface area contributed by atoms with Gasteiger partial charge in [-0.3, -0.25) is 4.79 Å². The molecule has 0 saturated carbocycles. The monoisotopic (exact) mass is 445 g/mol. The van der Waals surface area contributed by atoms with Crippen molar-refractivity contribution in [3.63, 3.8) is 0 Å². The third-order valence-corrected chi connectivity index (χ3v) is 5.73. The molecule has 0 spiro atoms. The van der Waals surface area contributed by atoms with Gasteiger partial charge >= 0.3 is 0 Å². The highest BCUT2D eigenvalue weighted by Gasteiger charge is 2.27. The molecular formula is C21H27N5O4S. The zero-order valence-corrected chi connectivity index (χ0v) is 19.2. The summed E-state index contributed by atoms with van der Waals surface area (Å²) in [7, 11) is -3.89. The average Bonchev–Trinajstić information content (AvgIpc) is 3.28. The Morgan fingerprint density at radius 3 is 2.35 bits per heavy atom. The number of nitrogens with zero attached hydrogens (tertiary/aromatic N) is 3. The van der Waals surface area contributed by atoms with E-state index in [4.69, 9.17) is 4.42 Å². The van der Waals surface area contributed by atoms with Crippen molar-refractivity contribution in [3.05, 3.63) is 54.0 Å². The summed E-state index contributed by atoms with van der Waals surface area (Å²) in [6.07, 6.45) is 1.63. The number of hydrogen-bond donors (Lipinski definition) is 2. The summed E-state index contributed by atoms with van der Waals surface area (Å²) in [4.78, 5) is 17.1. The maximum absolute atomic E-state index is 12.8. The lowest BCUT2D eigenvalue weighted by atomic mass is 9.92. The van der Waals surface area contributed by atoms with Gasteiger partial charge in [0, 0.05) is 23.2 Å². The molecule has 0 radical (unpaired) electrons. The van der Waals surface area contributed by atoms with Crippen LogP contribution in [0.1, 0.15) is 57.8 Å². The fourth-order valence-corrected chi connectivity index (χ4v) is 4.06. The van der Waals surface area contributed by atoms with E-state index in [9.17, 15) is 13.2 Å². The number of sulfonamides is 1. The lowest BCUT2D eigenvalue weighted by Gasteiger charge is -2.18. The number of aromatic nitrogens is 3. The van der Waals surface area contributed by atoms with Gasteiger partial charge in [0.1, 0.15) is 5.82 Å². The van der Waals surface area contributed by atoms with Crippen LogP contribution in [0, 0.1) is 0 Å². The van der Waals surface area contributed by atoms with Gasteiger partial charge in [0.25, 0.3) is 15.9 Å². The van der Waals surface area contributed by atoms with Crippen LogP contribution in [0.4, 0.5) is 5.82 Å². The molecule has 3 aromatic rings. The fraction of sp³-hybridized carbons (Fsp3) is 0.381. The van der Waals surface area contributed by atoms with Crippen LogP contribution in [0.3, 0.4) is 0 Å². The van der Waals surface area contributed by atoms with Gasteiger partial charge in [-0.15, -0.1) is 0 Å². The molecule has 0 aromatic carbocycles. The summed E-state index contributed by atoms with van der Waals surface area (Å²) < 4.78 is 34.2. The topological polar surface area (TPSA) is 119 Å². The Balaban J connectivity index is 1.91. The second-order valence-electron chi connectivity index (χ2n) is 9.19. The largest absolute Gasteiger partial charge is 0.438 e. The van der Waals surface area contributed by atoms with Crippen molar-refractivity contribution in [2.75, 3.05) is 5.32 Å². The lowest BCUT2D eigenvalue weighted by molar-refractivity contribution is 0.0991.